The maximum atomic E-state index is 11.6. The van der Waals surface area contributed by atoms with Gasteiger partial charge in [-0.05, 0) is 60.4 Å². The first-order valence-electron chi connectivity index (χ1n) is 7.45. The van der Waals surface area contributed by atoms with Crippen molar-refractivity contribution in [2.75, 3.05) is 13.2 Å². The van der Waals surface area contributed by atoms with Crippen molar-refractivity contribution in [2.24, 2.45) is 5.73 Å². The summed E-state index contributed by atoms with van der Waals surface area (Å²) < 4.78 is 11.1. The molecule has 120 valence electrons. The molecule has 0 aromatic heterocycles. The number of alkyl carbamates (subject to hydrolysis) is 1. The summed E-state index contributed by atoms with van der Waals surface area (Å²) in [5, 5.41) is 2.81. The molecule has 0 spiro atoms. The molecular formula is C15H32N2O3. The minimum Gasteiger partial charge on any atom is -0.444 e. The number of hydrogen-bond donors (Lipinski definition) is 2. The van der Waals surface area contributed by atoms with Gasteiger partial charge in [-0.15, -0.1) is 0 Å². The molecule has 2 atom stereocenters. The van der Waals surface area contributed by atoms with Gasteiger partial charge in [0.1, 0.15) is 5.60 Å². The van der Waals surface area contributed by atoms with Crippen LogP contribution in [-0.4, -0.2) is 36.5 Å². The maximum Gasteiger partial charge on any atom is 0.407 e. The van der Waals surface area contributed by atoms with Gasteiger partial charge in [0.25, 0.3) is 0 Å². The predicted octanol–water partition coefficient (Wildman–Crippen LogP) is 2.82. The van der Waals surface area contributed by atoms with Crippen LogP contribution in [0.1, 0.15) is 60.8 Å². The van der Waals surface area contributed by atoms with E-state index in [1.807, 2.05) is 27.7 Å². The molecule has 0 aromatic rings. The van der Waals surface area contributed by atoms with Crippen molar-refractivity contribution in [2.45, 2.75) is 78.0 Å². The lowest BCUT2D eigenvalue weighted by Gasteiger charge is -2.29. The van der Waals surface area contributed by atoms with Gasteiger partial charge >= 0.3 is 6.09 Å². The number of rotatable bonds is 8. The Morgan fingerprint density at radius 3 is 2.35 bits per heavy atom. The molecular weight excluding hydrogens is 256 g/mol. The smallest absolute Gasteiger partial charge is 0.407 e. The van der Waals surface area contributed by atoms with Crippen molar-refractivity contribution < 1.29 is 14.3 Å². The highest BCUT2D eigenvalue weighted by Gasteiger charge is 2.22. The fraction of sp³-hybridized carbons (Fsp3) is 0.933. The van der Waals surface area contributed by atoms with Gasteiger partial charge in [-0.1, -0.05) is 6.92 Å². The zero-order chi connectivity index (χ0) is 15.8. The first-order chi connectivity index (χ1) is 9.12. The minimum atomic E-state index is -0.470. The summed E-state index contributed by atoms with van der Waals surface area (Å²) in [5.74, 6) is 0. The normalized spacial score (nSPS) is 16.4. The van der Waals surface area contributed by atoms with Gasteiger partial charge in [0.2, 0.25) is 0 Å². The zero-order valence-electron chi connectivity index (χ0n) is 13.9. The molecule has 5 heteroatoms. The van der Waals surface area contributed by atoms with E-state index >= 15 is 0 Å². The topological polar surface area (TPSA) is 73.6 Å². The molecule has 5 nitrogen and oxygen atoms in total. The third-order valence-corrected chi connectivity index (χ3v) is 3.19. The summed E-state index contributed by atoms with van der Waals surface area (Å²) >= 11 is 0. The van der Waals surface area contributed by atoms with Crippen LogP contribution in [0.3, 0.4) is 0 Å². The largest absolute Gasteiger partial charge is 0.444 e. The van der Waals surface area contributed by atoms with E-state index in [0.717, 1.165) is 19.3 Å². The standard InChI is InChI=1S/C15H32N2O3/c1-7-15(6,9-10-16)19-11-8-12(2)17-13(18)20-14(3,4)5/h12H,7-11,16H2,1-6H3,(H,17,18). The fourth-order valence-corrected chi connectivity index (χ4v) is 1.72. The van der Waals surface area contributed by atoms with Gasteiger partial charge in [-0.3, -0.25) is 0 Å². The summed E-state index contributed by atoms with van der Waals surface area (Å²) in [7, 11) is 0. The van der Waals surface area contributed by atoms with Crippen molar-refractivity contribution in [1.82, 2.24) is 5.32 Å². The molecule has 0 saturated heterocycles. The van der Waals surface area contributed by atoms with E-state index in [4.69, 9.17) is 15.2 Å². The number of carbonyl (C=O) groups is 1. The molecule has 0 aliphatic carbocycles. The Bertz CT molecular complexity index is 289. The minimum absolute atomic E-state index is 0.0174. The molecule has 0 aliphatic rings. The Labute approximate surface area is 123 Å². The number of amides is 1. The molecule has 3 N–H and O–H groups in total. The van der Waals surface area contributed by atoms with Crippen molar-refractivity contribution in [1.29, 1.82) is 0 Å². The molecule has 1 amide bonds. The van der Waals surface area contributed by atoms with E-state index < -0.39 is 5.60 Å². The molecule has 0 aromatic carbocycles. The Balaban J connectivity index is 3.99. The van der Waals surface area contributed by atoms with Crippen LogP contribution in [0, 0.1) is 0 Å². The highest BCUT2D eigenvalue weighted by molar-refractivity contribution is 5.67. The molecule has 2 unspecified atom stereocenters. The zero-order valence-corrected chi connectivity index (χ0v) is 13.9. The second kappa shape index (κ2) is 8.47. The van der Waals surface area contributed by atoms with Gasteiger partial charge in [0.15, 0.2) is 0 Å². The number of nitrogens with two attached hydrogens (primary N) is 1. The summed E-state index contributed by atoms with van der Waals surface area (Å²) in [4.78, 5) is 11.6. The van der Waals surface area contributed by atoms with Crippen molar-refractivity contribution in [3.8, 4) is 0 Å². The Morgan fingerprint density at radius 1 is 1.30 bits per heavy atom. The number of hydrogen-bond acceptors (Lipinski definition) is 4. The van der Waals surface area contributed by atoms with E-state index in [9.17, 15) is 4.79 Å². The Hall–Kier alpha value is -0.810. The Morgan fingerprint density at radius 2 is 1.90 bits per heavy atom. The fourth-order valence-electron chi connectivity index (χ4n) is 1.72. The van der Waals surface area contributed by atoms with Gasteiger partial charge in [-0.25, -0.2) is 4.79 Å². The average molecular weight is 288 g/mol. The predicted molar refractivity (Wildman–Crippen MR) is 81.8 cm³/mol. The summed E-state index contributed by atoms with van der Waals surface area (Å²) in [6.45, 7) is 12.9. The van der Waals surface area contributed by atoms with Crippen LogP contribution >= 0.6 is 0 Å². The lowest BCUT2D eigenvalue weighted by molar-refractivity contribution is -0.0416. The lowest BCUT2D eigenvalue weighted by Crippen LogP contribution is -2.39. The number of carbonyl (C=O) groups excluding carboxylic acids is 1. The second-order valence-corrected chi connectivity index (χ2v) is 6.53. The number of nitrogens with one attached hydrogen (secondary N) is 1. The van der Waals surface area contributed by atoms with Crippen molar-refractivity contribution in [3.63, 3.8) is 0 Å². The summed E-state index contributed by atoms with van der Waals surface area (Å²) in [6, 6.07) is 0.0174. The highest BCUT2D eigenvalue weighted by atomic mass is 16.6. The average Bonchev–Trinajstić information content (AvgIpc) is 2.26. The van der Waals surface area contributed by atoms with Crippen molar-refractivity contribution >= 4 is 6.09 Å². The highest BCUT2D eigenvalue weighted by Crippen LogP contribution is 2.19. The van der Waals surface area contributed by atoms with Crippen LogP contribution in [0.15, 0.2) is 0 Å². The first kappa shape index (κ1) is 19.2. The second-order valence-electron chi connectivity index (χ2n) is 6.53. The van der Waals surface area contributed by atoms with Crippen LogP contribution in [-0.2, 0) is 9.47 Å². The quantitative estimate of drug-likeness (QED) is 0.720. The molecule has 0 aliphatic heterocycles. The van der Waals surface area contributed by atoms with Gasteiger partial charge < -0.3 is 20.5 Å². The van der Waals surface area contributed by atoms with Gasteiger partial charge in [-0.2, -0.15) is 0 Å². The molecule has 0 fully saturated rings. The van der Waals surface area contributed by atoms with E-state index in [0.29, 0.717) is 13.2 Å². The lowest BCUT2D eigenvalue weighted by atomic mass is 9.99. The first-order valence-corrected chi connectivity index (χ1v) is 7.45. The molecule has 20 heavy (non-hydrogen) atoms. The molecule has 0 heterocycles. The van der Waals surface area contributed by atoms with Crippen LogP contribution < -0.4 is 11.1 Å². The maximum absolute atomic E-state index is 11.6. The van der Waals surface area contributed by atoms with Crippen LogP contribution in [0.4, 0.5) is 4.79 Å². The van der Waals surface area contributed by atoms with Gasteiger partial charge in [0, 0.05) is 12.6 Å². The van der Waals surface area contributed by atoms with E-state index in [1.165, 1.54) is 0 Å². The van der Waals surface area contributed by atoms with Crippen LogP contribution in [0.25, 0.3) is 0 Å². The monoisotopic (exact) mass is 288 g/mol. The molecule has 0 bridgehead atoms. The summed E-state index contributed by atoms with van der Waals surface area (Å²) in [5.41, 5.74) is 4.96. The molecule has 0 radical (unpaired) electrons. The van der Waals surface area contributed by atoms with E-state index in [2.05, 4.69) is 19.2 Å². The molecule has 0 saturated carbocycles. The van der Waals surface area contributed by atoms with E-state index in [-0.39, 0.29) is 17.7 Å². The third kappa shape index (κ3) is 9.15. The van der Waals surface area contributed by atoms with Gasteiger partial charge in [0.05, 0.1) is 5.60 Å². The van der Waals surface area contributed by atoms with Crippen LogP contribution in [0.5, 0.6) is 0 Å². The number of ether oxygens (including phenoxy) is 2. The van der Waals surface area contributed by atoms with Crippen molar-refractivity contribution in [3.05, 3.63) is 0 Å². The van der Waals surface area contributed by atoms with Crippen LogP contribution in [0.2, 0.25) is 0 Å². The SMILES string of the molecule is CCC(C)(CCN)OCCC(C)NC(=O)OC(C)(C)C. The van der Waals surface area contributed by atoms with E-state index in [1.54, 1.807) is 0 Å². The summed E-state index contributed by atoms with van der Waals surface area (Å²) in [6.07, 6.45) is 2.14. The molecule has 0 rings (SSSR count). The Kier molecular flexibility index (Phi) is 8.13. The third-order valence-electron chi connectivity index (χ3n) is 3.19.